The number of carbonyl (C=O) groups excluding carboxylic acids is 3. The molecule has 1 saturated carbocycles. The molecule has 2 saturated heterocycles. The number of carbonyl (C=O) groups is 3. The van der Waals surface area contributed by atoms with Gasteiger partial charge in [0.2, 0.25) is 11.8 Å². The summed E-state index contributed by atoms with van der Waals surface area (Å²) in [5.74, 6) is -4.73. The number of nitrogens with two attached hydrogens (primary N) is 1. The van der Waals surface area contributed by atoms with E-state index in [4.69, 9.17) is 5.73 Å². The van der Waals surface area contributed by atoms with Gasteiger partial charge in [0, 0.05) is 12.5 Å². The minimum absolute atomic E-state index is 0.0391. The van der Waals surface area contributed by atoms with Crippen molar-refractivity contribution in [1.82, 2.24) is 15.1 Å². The third-order valence-electron chi connectivity index (χ3n) is 7.92. The van der Waals surface area contributed by atoms with E-state index >= 15 is 0 Å². The summed E-state index contributed by atoms with van der Waals surface area (Å²) in [6, 6.07) is -2.55. The quantitative estimate of drug-likeness (QED) is 0.496. The third kappa shape index (κ3) is 4.85. The van der Waals surface area contributed by atoms with E-state index in [9.17, 15) is 37.9 Å². The minimum Gasteiger partial charge on any atom is -0.378 e. The molecule has 3 rings (SSSR count). The highest BCUT2D eigenvalue weighted by Gasteiger charge is 2.70. The zero-order valence-electron chi connectivity index (χ0n) is 20.6. The minimum atomic E-state index is -5.34. The van der Waals surface area contributed by atoms with Gasteiger partial charge in [0.05, 0.1) is 6.07 Å². The van der Waals surface area contributed by atoms with Crippen LogP contribution in [0.1, 0.15) is 47.5 Å². The standard InChI is InChI=1S/C23H34F3N5O4/c1-21(2,3)16(19(34)30-10-13-14(22(13,4)5)15(30)17(28)32)31(20(35)23(24,25)26)12(9-27)8-11-6-7-29-18(11)33/h11-16,18,29,33H,6-8,10H2,1-5H3,(H2,28,32)/t11-,12-,13?,14?,15?,16-,18-/m0/s1. The number of primary amides is 1. The number of rotatable bonds is 6. The summed E-state index contributed by atoms with van der Waals surface area (Å²) in [5, 5.41) is 22.7. The Labute approximate surface area is 202 Å². The summed E-state index contributed by atoms with van der Waals surface area (Å²) in [4.78, 5) is 40.4. The van der Waals surface area contributed by atoms with Crippen LogP contribution < -0.4 is 11.1 Å². The summed E-state index contributed by atoms with van der Waals surface area (Å²) in [5.41, 5.74) is 4.15. The molecule has 3 amide bonds. The number of aliphatic hydroxyl groups excluding tert-OH is 1. The molecule has 0 aromatic rings. The van der Waals surface area contributed by atoms with E-state index in [0.717, 1.165) is 0 Å². The zero-order chi connectivity index (χ0) is 26.7. The maximum Gasteiger partial charge on any atom is 0.471 e. The van der Waals surface area contributed by atoms with Crippen LogP contribution in [0.25, 0.3) is 0 Å². The molecule has 9 nitrogen and oxygen atoms in total. The Balaban J connectivity index is 2.03. The van der Waals surface area contributed by atoms with Crippen LogP contribution >= 0.6 is 0 Å². The molecule has 0 spiro atoms. The predicted octanol–water partition coefficient (Wildman–Crippen LogP) is 0.970. The molecule has 7 atom stereocenters. The maximum absolute atomic E-state index is 13.9. The molecule has 196 valence electrons. The number of hydrogen-bond acceptors (Lipinski definition) is 6. The fourth-order valence-corrected chi connectivity index (χ4v) is 5.99. The average Bonchev–Trinajstić information content (AvgIpc) is 3.09. The molecule has 1 aliphatic carbocycles. The van der Waals surface area contributed by atoms with Crippen LogP contribution in [-0.4, -0.2) is 76.2 Å². The van der Waals surface area contributed by atoms with Gasteiger partial charge in [0.1, 0.15) is 24.4 Å². The largest absolute Gasteiger partial charge is 0.471 e. The number of nitrogens with zero attached hydrogens (tertiary/aromatic N) is 3. The van der Waals surface area contributed by atoms with Crippen LogP contribution in [-0.2, 0) is 14.4 Å². The molecular formula is C23H34F3N5O4. The Morgan fingerprint density at radius 1 is 1.29 bits per heavy atom. The highest BCUT2D eigenvalue weighted by Crippen LogP contribution is 2.65. The van der Waals surface area contributed by atoms with E-state index < -0.39 is 59.6 Å². The van der Waals surface area contributed by atoms with Gasteiger partial charge < -0.3 is 20.6 Å². The van der Waals surface area contributed by atoms with Gasteiger partial charge in [0.15, 0.2) is 0 Å². The number of hydrogen-bond donors (Lipinski definition) is 3. The average molecular weight is 502 g/mol. The van der Waals surface area contributed by atoms with Gasteiger partial charge in [-0.2, -0.15) is 18.4 Å². The highest BCUT2D eigenvalue weighted by atomic mass is 19.4. The molecule has 35 heavy (non-hydrogen) atoms. The van der Waals surface area contributed by atoms with Gasteiger partial charge in [-0.3, -0.25) is 19.7 Å². The highest BCUT2D eigenvalue weighted by molar-refractivity contribution is 5.94. The number of nitrogens with one attached hydrogen (secondary N) is 1. The molecule has 0 aromatic heterocycles. The molecule has 3 aliphatic rings. The predicted molar refractivity (Wildman–Crippen MR) is 118 cm³/mol. The Bertz CT molecular complexity index is 926. The molecule has 0 bridgehead atoms. The van der Waals surface area contributed by atoms with Gasteiger partial charge >= 0.3 is 12.1 Å². The molecule has 4 N–H and O–H groups in total. The maximum atomic E-state index is 13.9. The lowest BCUT2D eigenvalue weighted by atomic mass is 9.82. The van der Waals surface area contributed by atoms with Crippen molar-refractivity contribution in [3.05, 3.63) is 0 Å². The van der Waals surface area contributed by atoms with Crippen molar-refractivity contribution < 1.29 is 32.7 Å². The number of halogens is 3. The first kappa shape index (κ1) is 27.2. The SMILES string of the molecule is CC1(C)C2CN(C(=O)[C@H](N(C(=O)C(F)(F)F)[C@H](C#N)C[C@@H]3CCN[C@H]3O)C(C)(C)C)C(C(N)=O)C21. The number of fused-ring (bicyclic) bond motifs is 1. The summed E-state index contributed by atoms with van der Waals surface area (Å²) < 4.78 is 41.4. The van der Waals surface area contributed by atoms with Gasteiger partial charge in [-0.15, -0.1) is 0 Å². The normalized spacial score (nSPS) is 31.3. The number of alkyl halides is 3. The summed E-state index contributed by atoms with van der Waals surface area (Å²) in [6.45, 7) is 8.94. The smallest absolute Gasteiger partial charge is 0.378 e. The van der Waals surface area contributed by atoms with Crippen molar-refractivity contribution in [3.63, 3.8) is 0 Å². The van der Waals surface area contributed by atoms with E-state index in [1.165, 1.54) is 25.7 Å². The van der Waals surface area contributed by atoms with E-state index in [2.05, 4.69) is 5.32 Å². The fourth-order valence-electron chi connectivity index (χ4n) is 5.99. The summed E-state index contributed by atoms with van der Waals surface area (Å²) >= 11 is 0. The lowest BCUT2D eigenvalue weighted by Crippen LogP contribution is -2.64. The van der Waals surface area contributed by atoms with Crippen molar-refractivity contribution in [2.45, 2.75) is 78.0 Å². The monoisotopic (exact) mass is 501 g/mol. The van der Waals surface area contributed by atoms with E-state index in [0.29, 0.717) is 17.9 Å². The van der Waals surface area contributed by atoms with Gasteiger partial charge in [0.25, 0.3) is 0 Å². The van der Waals surface area contributed by atoms with Crippen LogP contribution in [0.2, 0.25) is 0 Å². The number of likely N-dealkylation sites (tertiary alicyclic amines) is 1. The van der Waals surface area contributed by atoms with Gasteiger partial charge in [-0.25, -0.2) is 0 Å². The van der Waals surface area contributed by atoms with E-state index in [-0.39, 0.29) is 30.2 Å². The molecule has 0 radical (unpaired) electrons. The second-order valence-electron chi connectivity index (χ2n) is 11.6. The number of aliphatic hydroxyl groups is 1. The van der Waals surface area contributed by atoms with Crippen molar-refractivity contribution >= 4 is 17.7 Å². The van der Waals surface area contributed by atoms with Crippen molar-refractivity contribution in [2.24, 2.45) is 34.3 Å². The van der Waals surface area contributed by atoms with Crippen LogP contribution in [0.3, 0.4) is 0 Å². The van der Waals surface area contributed by atoms with Crippen LogP contribution in [0.5, 0.6) is 0 Å². The Morgan fingerprint density at radius 2 is 1.89 bits per heavy atom. The number of piperidine rings is 1. The lowest BCUT2D eigenvalue weighted by molar-refractivity contribution is -0.194. The number of amides is 3. The molecule has 12 heteroatoms. The molecule has 2 heterocycles. The first-order valence-electron chi connectivity index (χ1n) is 11.7. The molecule has 2 aliphatic heterocycles. The van der Waals surface area contributed by atoms with Crippen molar-refractivity contribution in [3.8, 4) is 6.07 Å². The van der Waals surface area contributed by atoms with E-state index in [1.54, 1.807) is 6.07 Å². The van der Waals surface area contributed by atoms with E-state index in [1.807, 2.05) is 13.8 Å². The second-order valence-corrected chi connectivity index (χ2v) is 11.6. The first-order chi connectivity index (χ1) is 15.9. The van der Waals surface area contributed by atoms with Crippen LogP contribution in [0.15, 0.2) is 0 Å². The molecule has 3 unspecified atom stereocenters. The van der Waals surface area contributed by atoms with Gasteiger partial charge in [-0.05, 0) is 42.1 Å². The van der Waals surface area contributed by atoms with Crippen molar-refractivity contribution in [1.29, 1.82) is 5.26 Å². The van der Waals surface area contributed by atoms with Crippen LogP contribution in [0.4, 0.5) is 13.2 Å². The summed E-state index contributed by atoms with van der Waals surface area (Å²) in [6.07, 6.45) is -6.23. The Hall–Kier alpha value is -2.39. The Kier molecular flexibility index (Phi) is 6.94. The molecular weight excluding hydrogens is 467 g/mol. The van der Waals surface area contributed by atoms with Gasteiger partial charge in [-0.1, -0.05) is 34.6 Å². The first-order valence-corrected chi connectivity index (χ1v) is 11.7. The zero-order valence-corrected chi connectivity index (χ0v) is 20.6. The lowest BCUT2D eigenvalue weighted by Gasteiger charge is -2.44. The second kappa shape index (κ2) is 8.92. The summed E-state index contributed by atoms with van der Waals surface area (Å²) in [7, 11) is 0. The Morgan fingerprint density at radius 3 is 2.31 bits per heavy atom. The van der Waals surface area contributed by atoms with Crippen molar-refractivity contribution in [2.75, 3.05) is 13.1 Å². The molecule has 3 fully saturated rings. The molecule has 0 aromatic carbocycles. The van der Waals surface area contributed by atoms with Crippen LogP contribution in [0, 0.1) is 39.9 Å². The third-order valence-corrected chi connectivity index (χ3v) is 7.92. The fraction of sp³-hybridized carbons (Fsp3) is 0.826. The topological polar surface area (TPSA) is 140 Å². The number of nitriles is 1.